The molecule has 2 rings (SSSR count). The molecule has 76 valence electrons. The number of aromatic nitrogens is 1. The first-order valence-electron chi connectivity index (χ1n) is 4.08. The molecule has 5 heteroatoms. The lowest BCUT2D eigenvalue weighted by molar-refractivity contribution is 0.109. The standard InChI is InChI=1S/C10H5BrFNO2/c11-9-8(5-14)15-13-10(9)6-2-1-3-7(12)4-6/h1-5H. The number of carbonyl (C=O) groups excluding carboxylic acids is 1. The zero-order chi connectivity index (χ0) is 10.8. The van der Waals surface area contributed by atoms with E-state index in [1.807, 2.05) is 0 Å². The maximum Gasteiger partial charge on any atom is 0.214 e. The number of benzene rings is 1. The van der Waals surface area contributed by atoms with Crippen LogP contribution in [-0.2, 0) is 0 Å². The summed E-state index contributed by atoms with van der Waals surface area (Å²) in [6.45, 7) is 0. The first-order chi connectivity index (χ1) is 7.22. The Hall–Kier alpha value is -1.49. The zero-order valence-electron chi connectivity index (χ0n) is 7.41. The third-order valence-electron chi connectivity index (χ3n) is 1.86. The summed E-state index contributed by atoms with van der Waals surface area (Å²) in [6, 6.07) is 5.89. The number of nitrogens with zero attached hydrogens (tertiary/aromatic N) is 1. The van der Waals surface area contributed by atoms with E-state index >= 15 is 0 Å². The van der Waals surface area contributed by atoms with Crippen LogP contribution in [-0.4, -0.2) is 11.4 Å². The van der Waals surface area contributed by atoms with E-state index in [1.165, 1.54) is 12.1 Å². The van der Waals surface area contributed by atoms with Gasteiger partial charge in [-0.25, -0.2) is 4.39 Å². The molecule has 1 aromatic heterocycles. The van der Waals surface area contributed by atoms with Crippen molar-refractivity contribution in [3.05, 3.63) is 40.3 Å². The molecule has 1 heterocycles. The van der Waals surface area contributed by atoms with Crippen LogP contribution in [0.2, 0.25) is 0 Å². The molecule has 0 aliphatic rings. The van der Waals surface area contributed by atoms with Gasteiger partial charge in [-0.3, -0.25) is 4.79 Å². The van der Waals surface area contributed by atoms with E-state index in [0.717, 1.165) is 0 Å². The normalized spacial score (nSPS) is 10.3. The molecule has 15 heavy (non-hydrogen) atoms. The van der Waals surface area contributed by atoms with Crippen molar-refractivity contribution in [3.8, 4) is 11.3 Å². The van der Waals surface area contributed by atoms with Gasteiger partial charge in [0.2, 0.25) is 5.76 Å². The Morgan fingerprint density at radius 2 is 2.27 bits per heavy atom. The average Bonchev–Trinajstić information content (AvgIpc) is 2.59. The molecule has 0 aliphatic heterocycles. The number of hydrogen-bond donors (Lipinski definition) is 0. The van der Waals surface area contributed by atoms with Crippen molar-refractivity contribution in [1.82, 2.24) is 5.16 Å². The lowest BCUT2D eigenvalue weighted by Crippen LogP contribution is -1.81. The van der Waals surface area contributed by atoms with Gasteiger partial charge in [-0.1, -0.05) is 17.3 Å². The lowest BCUT2D eigenvalue weighted by atomic mass is 10.1. The third-order valence-corrected chi connectivity index (χ3v) is 2.63. The van der Waals surface area contributed by atoms with Crippen molar-refractivity contribution in [1.29, 1.82) is 0 Å². The highest BCUT2D eigenvalue weighted by Gasteiger charge is 2.14. The van der Waals surface area contributed by atoms with Crippen LogP contribution in [0.15, 0.2) is 33.3 Å². The van der Waals surface area contributed by atoms with Crippen molar-refractivity contribution in [2.75, 3.05) is 0 Å². The van der Waals surface area contributed by atoms with Gasteiger partial charge >= 0.3 is 0 Å². The Bertz CT molecular complexity index is 510. The molecular formula is C10H5BrFNO2. The summed E-state index contributed by atoms with van der Waals surface area (Å²) in [5.74, 6) is -0.274. The SMILES string of the molecule is O=Cc1onc(-c2cccc(F)c2)c1Br. The van der Waals surface area contributed by atoms with Crippen LogP contribution in [0.25, 0.3) is 11.3 Å². The highest BCUT2D eigenvalue weighted by atomic mass is 79.9. The van der Waals surface area contributed by atoms with E-state index in [0.29, 0.717) is 22.0 Å². The van der Waals surface area contributed by atoms with Crippen molar-refractivity contribution >= 4 is 22.2 Å². The summed E-state index contributed by atoms with van der Waals surface area (Å²) in [4.78, 5) is 10.5. The molecule has 0 fully saturated rings. The summed E-state index contributed by atoms with van der Waals surface area (Å²) in [7, 11) is 0. The van der Waals surface area contributed by atoms with Gasteiger partial charge < -0.3 is 4.52 Å². The van der Waals surface area contributed by atoms with Gasteiger partial charge in [-0.05, 0) is 28.1 Å². The molecule has 0 unspecified atom stereocenters. The fourth-order valence-electron chi connectivity index (χ4n) is 1.18. The first-order valence-corrected chi connectivity index (χ1v) is 4.88. The number of aldehydes is 1. The van der Waals surface area contributed by atoms with Crippen LogP contribution in [0.4, 0.5) is 4.39 Å². The Morgan fingerprint density at radius 3 is 2.87 bits per heavy atom. The van der Waals surface area contributed by atoms with Crippen molar-refractivity contribution in [2.45, 2.75) is 0 Å². The van der Waals surface area contributed by atoms with E-state index in [4.69, 9.17) is 4.52 Å². The van der Waals surface area contributed by atoms with E-state index in [2.05, 4.69) is 21.1 Å². The largest absolute Gasteiger partial charge is 0.352 e. The molecule has 1 aromatic carbocycles. The smallest absolute Gasteiger partial charge is 0.214 e. The van der Waals surface area contributed by atoms with Gasteiger partial charge in [-0.2, -0.15) is 0 Å². The van der Waals surface area contributed by atoms with Crippen LogP contribution in [0.1, 0.15) is 10.6 Å². The highest BCUT2D eigenvalue weighted by molar-refractivity contribution is 9.10. The third kappa shape index (κ3) is 1.83. The quantitative estimate of drug-likeness (QED) is 0.787. The molecule has 2 aromatic rings. The van der Waals surface area contributed by atoms with Crippen molar-refractivity contribution in [2.24, 2.45) is 0 Å². The molecule has 0 bridgehead atoms. The zero-order valence-corrected chi connectivity index (χ0v) is 8.99. The first kappa shape index (κ1) is 10.0. The van der Waals surface area contributed by atoms with E-state index < -0.39 is 0 Å². The lowest BCUT2D eigenvalue weighted by Gasteiger charge is -1.95. The Kier molecular flexibility index (Phi) is 2.64. The second kappa shape index (κ2) is 3.94. The van der Waals surface area contributed by atoms with Crippen LogP contribution in [0.5, 0.6) is 0 Å². The second-order valence-electron chi connectivity index (χ2n) is 2.84. The predicted molar refractivity (Wildman–Crippen MR) is 55.0 cm³/mol. The molecular weight excluding hydrogens is 265 g/mol. The average molecular weight is 270 g/mol. The topological polar surface area (TPSA) is 43.1 Å². The maximum absolute atomic E-state index is 12.9. The number of hydrogen-bond acceptors (Lipinski definition) is 3. The molecule has 0 saturated heterocycles. The summed E-state index contributed by atoms with van der Waals surface area (Å²) < 4.78 is 18.1. The Balaban J connectivity index is 2.54. The number of carbonyl (C=O) groups is 1. The Labute approximate surface area is 93.0 Å². The molecule has 0 N–H and O–H groups in total. The van der Waals surface area contributed by atoms with Crippen molar-refractivity contribution < 1.29 is 13.7 Å². The van der Waals surface area contributed by atoms with Gasteiger partial charge in [0.15, 0.2) is 6.29 Å². The highest BCUT2D eigenvalue weighted by Crippen LogP contribution is 2.29. The van der Waals surface area contributed by atoms with E-state index in [-0.39, 0.29) is 11.6 Å². The fraction of sp³-hybridized carbons (Fsp3) is 0. The van der Waals surface area contributed by atoms with Gasteiger partial charge in [0, 0.05) is 5.56 Å². The van der Waals surface area contributed by atoms with Gasteiger partial charge in [0.1, 0.15) is 11.5 Å². The predicted octanol–water partition coefficient (Wildman–Crippen LogP) is 3.06. The van der Waals surface area contributed by atoms with Gasteiger partial charge in [0.05, 0.1) is 4.47 Å². The molecule has 0 amide bonds. The molecule has 0 radical (unpaired) electrons. The van der Waals surface area contributed by atoms with Crippen LogP contribution in [0.3, 0.4) is 0 Å². The molecule has 0 spiro atoms. The number of rotatable bonds is 2. The minimum atomic E-state index is -0.366. The number of halogens is 2. The van der Waals surface area contributed by atoms with E-state index in [1.54, 1.807) is 12.1 Å². The molecule has 0 atom stereocenters. The summed E-state index contributed by atoms with van der Waals surface area (Å²) in [5.41, 5.74) is 0.968. The second-order valence-corrected chi connectivity index (χ2v) is 3.63. The molecule has 3 nitrogen and oxygen atoms in total. The maximum atomic E-state index is 12.9. The molecule has 0 aliphatic carbocycles. The van der Waals surface area contributed by atoms with Crippen molar-refractivity contribution in [3.63, 3.8) is 0 Å². The molecule has 0 saturated carbocycles. The van der Waals surface area contributed by atoms with Crippen LogP contribution >= 0.6 is 15.9 Å². The monoisotopic (exact) mass is 269 g/mol. The minimum absolute atomic E-state index is 0.0919. The van der Waals surface area contributed by atoms with E-state index in [9.17, 15) is 9.18 Å². The summed E-state index contributed by atoms with van der Waals surface area (Å²) in [6.07, 6.45) is 0.542. The van der Waals surface area contributed by atoms with Gasteiger partial charge in [0.25, 0.3) is 0 Å². The fourth-order valence-corrected chi connectivity index (χ4v) is 1.65. The van der Waals surface area contributed by atoms with Gasteiger partial charge in [-0.15, -0.1) is 0 Å². The van der Waals surface area contributed by atoms with Crippen LogP contribution in [0, 0.1) is 5.82 Å². The summed E-state index contributed by atoms with van der Waals surface area (Å²) in [5, 5.41) is 3.68. The minimum Gasteiger partial charge on any atom is -0.352 e. The summed E-state index contributed by atoms with van der Waals surface area (Å²) >= 11 is 3.16. The van der Waals surface area contributed by atoms with Crippen LogP contribution < -0.4 is 0 Å². The Morgan fingerprint density at radius 1 is 1.47 bits per heavy atom.